The van der Waals surface area contributed by atoms with Gasteiger partial charge in [-0.2, -0.15) is 5.10 Å². The summed E-state index contributed by atoms with van der Waals surface area (Å²) in [6, 6.07) is 8.01. The monoisotopic (exact) mass is 406 g/mol. The predicted octanol–water partition coefficient (Wildman–Crippen LogP) is 4.20. The standard InChI is InChI=1S/C19H23BrN2O3/c1-13-9-17(6-8-19(23)24)21-22(13)11-15-10-16(20)5-7-18(15)25-12-14-3-2-4-14/h5,7,9-10,14H,2-4,6,8,11-12H2,1H3,(H,23,24). The SMILES string of the molecule is Cc1cc(CCC(=O)O)nn1Cc1cc(Br)ccc1OCC1CCC1. The summed E-state index contributed by atoms with van der Waals surface area (Å²) in [6.45, 7) is 3.37. The van der Waals surface area contributed by atoms with Gasteiger partial charge in [0, 0.05) is 22.2 Å². The van der Waals surface area contributed by atoms with E-state index in [1.807, 2.05) is 29.8 Å². The number of carbonyl (C=O) groups is 1. The van der Waals surface area contributed by atoms with Gasteiger partial charge in [-0.15, -0.1) is 0 Å². The number of rotatable bonds is 8. The number of carboxylic acid groups (broad SMARTS) is 1. The van der Waals surface area contributed by atoms with Crippen molar-refractivity contribution in [2.75, 3.05) is 6.61 Å². The van der Waals surface area contributed by atoms with Crippen molar-refractivity contribution >= 4 is 21.9 Å². The summed E-state index contributed by atoms with van der Waals surface area (Å²) >= 11 is 3.53. The molecule has 0 bridgehead atoms. The maximum absolute atomic E-state index is 10.7. The van der Waals surface area contributed by atoms with Crippen LogP contribution in [0.2, 0.25) is 0 Å². The highest BCUT2D eigenvalue weighted by Gasteiger charge is 2.19. The lowest BCUT2D eigenvalue weighted by molar-refractivity contribution is -0.136. The van der Waals surface area contributed by atoms with E-state index in [-0.39, 0.29) is 6.42 Å². The van der Waals surface area contributed by atoms with Gasteiger partial charge in [-0.05, 0) is 49.9 Å². The van der Waals surface area contributed by atoms with Gasteiger partial charge in [-0.1, -0.05) is 22.4 Å². The van der Waals surface area contributed by atoms with Gasteiger partial charge < -0.3 is 9.84 Å². The van der Waals surface area contributed by atoms with Crippen LogP contribution < -0.4 is 4.74 Å². The fourth-order valence-electron chi connectivity index (χ4n) is 2.94. The molecular formula is C19H23BrN2O3. The summed E-state index contributed by atoms with van der Waals surface area (Å²) < 4.78 is 8.97. The van der Waals surface area contributed by atoms with Crippen LogP contribution in [0.25, 0.3) is 0 Å². The molecule has 0 aliphatic heterocycles. The molecule has 134 valence electrons. The zero-order chi connectivity index (χ0) is 17.8. The molecule has 0 spiro atoms. The smallest absolute Gasteiger partial charge is 0.303 e. The molecule has 1 aliphatic rings. The van der Waals surface area contributed by atoms with E-state index in [1.54, 1.807) is 0 Å². The molecular weight excluding hydrogens is 384 g/mol. The van der Waals surface area contributed by atoms with Crippen molar-refractivity contribution < 1.29 is 14.6 Å². The molecule has 1 aromatic heterocycles. The molecule has 6 heteroatoms. The Morgan fingerprint density at radius 3 is 2.88 bits per heavy atom. The Labute approximate surface area is 156 Å². The maximum atomic E-state index is 10.7. The van der Waals surface area contributed by atoms with E-state index in [1.165, 1.54) is 19.3 Å². The van der Waals surface area contributed by atoms with Crippen molar-refractivity contribution in [1.82, 2.24) is 9.78 Å². The van der Waals surface area contributed by atoms with Gasteiger partial charge in [0.15, 0.2) is 0 Å². The number of benzene rings is 1. The highest BCUT2D eigenvalue weighted by molar-refractivity contribution is 9.10. The van der Waals surface area contributed by atoms with E-state index in [0.717, 1.165) is 33.8 Å². The number of hydrogen-bond donors (Lipinski definition) is 1. The minimum absolute atomic E-state index is 0.100. The first-order chi connectivity index (χ1) is 12.0. The molecule has 5 nitrogen and oxygen atoms in total. The highest BCUT2D eigenvalue weighted by Crippen LogP contribution is 2.29. The third kappa shape index (κ3) is 4.84. The van der Waals surface area contributed by atoms with Crippen molar-refractivity contribution in [2.24, 2.45) is 5.92 Å². The Morgan fingerprint density at radius 2 is 2.20 bits per heavy atom. The first-order valence-corrected chi connectivity index (χ1v) is 9.47. The minimum atomic E-state index is -0.800. The largest absolute Gasteiger partial charge is 0.493 e. The molecule has 0 saturated heterocycles. The fraction of sp³-hybridized carbons (Fsp3) is 0.474. The van der Waals surface area contributed by atoms with E-state index in [0.29, 0.717) is 18.9 Å². The number of nitrogens with zero attached hydrogens (tertiary/aromatic N) is 2. The second-order valence-corrected chi connectivity index (χ2v) is 7.60. The summed E-state index contributed by atoms with van der Waals surface area (Å²) in [5.41, 5.74) is 2.90. The normalized spacial score (nSPS) is 14.3. The number of halogens is 1. The summed E-state index contributed by atoms with van der Waals surface area (Å²) in [6.07, 6.45) is 4.39. The van der Waals surface area contributed by atoms with E-state index < -0.39 is 5.97 Å². The van der Waals surface area contributed by atoms with E-state index >= 15 is 0 Å². The quantitative estimate of drug-likeness (QED) is 0.713. The molecule has 3 rings (SSSR count). The van der Waals surface area contributed by atoms with Crippen LogP contribution in [0.15, 0.2) is 28.7 Å². The molecule has 0 unspecified atom stereocenters. The van der Waals surface area contributed by atoms with Crippen LogP contribution in [0, 0.1) is 12.8 Å². The van der Waals surface area contributed by atoms with Crippen LogP contribution in [-0.4, -0.2) is 27.5 Å². The summed E-state index contributed by atoms with van der Waals surface area (Å²) in [5, 5.41) is 13.4. The molecule has 1 fully saturated rings. The van der Waals surface area contributed by atoms with Crippen LogP contribution in [0.3, 0.4) is 0 Å². The topological polar surface area (TPSA) is 64.3 Å². The van der Waals surface area contributed by atoms with Crippen LogP contribution in [0.1, 0.15) is 42.6 Å². The molecule has 1 heterocycles. The number of aliphatic carboxylic acids is 1. The van der Waals surface area contributed by atoms with Crippen molar-refractivity contribution in [2.45, 2.75) is 45.6 Å². The first kappa shape index (κ1) is 18.0. The van der Waals surface area contributed by atoms with Crippen molar-refractivity contribution in [3.05, 3.63) is 45.7 Å². The molecule has 1 saturated carbocycles. The molecule has 1 aliphatic carbocycles. The van der Waals surface area contributed by atoms with E-state index in [2.05, 4.69) is 27.1 Å². The minimum Gasteiger partial charge on any atom is -0.493 e. The zero-order valence-corrected chi connectivity index (χ0v) is 16.0. The van der Waals surface area contributed by atoms with Gasteiger partial charge in [-0.3, -0.25) is 9.48 Å². The van der Waals surface area contributed by atoms with Crippen LogP contribution in [0.4, 0.5) is 0 Å². The zero-order valence-electron chi connectivity index (χ0n) is 14.4. The van der Waals surface area contributed by atoms with Crippen LogP contribution in [0.5, 0.6) is 5.75 Å². The van der Waals surface area contributed by atoms with Crippen molar-refractivity contribution in [1.29, 1.82) is 0 Å². The molecule has 0 atom stereocenters. The average Bonchev–Trinajstić information content (AvgIpc) is 2.86. The maximum Gasteiger partial charge on any atom is 0.303 e. The number of hydrogen-bond acceptors (Lipinski definition) is 3. The Hall–Kier alpha value is -1.82. The molecule has 25 heavy (non-hydrogen) atoms. The van der Waals surface area contributed by atoms with Gasteiger partial charge in [0.25, 0.3) is 0 Å². The highest BCUT2D eigenvalue weighted by atomic mass is 79.9. The average molecular weight is 407 g/mol. The molecule has 0 amide bonds. The van der Waals surface area contributed by atoms with Crippen LogP contribution in [-0.2, 0) is 17.8 Å². The second kappa shape index (κ2) is 8.04. The lowest BCUT2D eigenvalue weighted by Crippen LogP contribution is -2.20. The van der Waals surface area contributed by atoms with E-state index in [4.69, 9.17) is 9.84 Å². The van der Waals surface area contributed by atoms with Gasteiger partial charge >= 0.3 is 5.97 Å². The number of aromatic nitrogens is 2. The van der Waals surface area contributed by atoms with Gasteiger partial charge in [0.05, 0.1) is 25.3 Å². The Bertz CT molecular complexity index is 753. The second-order valence-electron chi connectivity index (χ2n) is 6.69. The number of ether oxygens (including phenoxy) is 1. The first-order valence-electron chi connectivity index (χ1n) is 8.67. The summed E-state index contributed by atoms with van der Waals surface area (Å²) in [7, 11) is 0. The van der Waals surface area contributed by atoms with Crippen molar-refractivity contribution in [3.8, 4) is 5.75 Å². The predicted molar refractivity (Wildman–Crippen MR) is 99.0 cm³/mol. The summed E-state index contributed by atoms with van der Waals surface area (Å²) in [5.74, 6) is 0.786. The lowest BCUT2D eigenvalue weighted by Gasteiger charge is -2.25. The molecule has 0 radical (unpaired) electrons. The van der Waals surface area contributed by atoms with E-state index in [9.17, 15) is 4.79 Å². The fourth-order valence-corrected chi connectivity index (χ4v) is 3.34. The number of aryl methyl sites for hydroxylation is 2. The third-order valence-corrected chi connectivity index (χ3v) is 5.16. The lowest BCUT2D eigenvalue weighted by atomic mass is 9.86. The Morgan fingerprint density at radius 1 is 1.40 bits per heavy atom. The Balaban J connectivity index is 1.72. The molecule has 1 aromatic carbocycles. The van der Waals surface area contributed by atoms with Gasteiger partial charge in [-0.25, -0.2) is 0 Å². The third-order valence-electron chi connectivity index (χ3n) is 4.67. The van der Waals surface area contributed by atoms with Crippen LogP contribution >= 0.6 is 15.9 Å². The van der Waals surface area contributed by atoms with Gasteiger partial charge in [0.1, 0.15) is 5.75 Å². The van der Waals surface area contributed by atoms with Gasteiger partial charge in [0.2, 0.25) is 0 Å². The summed E-state index contributed by atoms with van der Waals surface area (Å²) in [4.78, 5) is 10.7. The Kier molecular flexibility index (Phi) is 5.78. The number of carboxylic acids is 1. The van der Waals surface area contributed by atoms with Crippen molar-refractivity contribution in [3.63, 3.8) is 0 Å². The molecule has 1 N–H and O–H groups in total. The molecule has 2 aromatic rings.